The molecule has 84 valence electrons. The number of carboxylic acids is 1. The summed E-state index contributed by atoms with van der Waals surface area (Å²) in [6.07, 6.45) is 0. The van der Waals surface area contributed by atoms with Crippen molar-refractivity contribution in [3.8, 4) is 11.5 Å². The Balaban J connectivity index is 3.06. The van der Waals surface area contributed by atoms with Gasteiger partial charge in [-0.1, -0.05) is 25.6 Å². The SMILES string of the molecule is Cc1cc(C#C[Si](C)(C)C)ccc1C(=O)O. The second-order valence-corrected chi connectivity index (χ2v) is 9.58. The number of aryl methyl sites for hydroxylation is 1. The highest BCUT2D eigenvalue weighted by atomic mass is 28.3. The Bertz CT molecular complexity index is 473. The zero-order chi connectivity index (χ0) is 12.3. The summed E-state index contributed by atoms with van der Waals surface area (Å²) >= 11 is 0. The van der Waals surface area contributed by atoms with Gasteiger partial charge in [0.2, 0.25) is 0 Å². The first-order valence-corrected chi connectivity index (χ1v) is 8.67. The van der Waals surface area contributed by atoms with Gasteiger partial charge in [-0.05, 0) is 30.7 Å². The Kier molecular flexibility index (Phi) is 3.56. The van der Waals surface area contributed by atoms with Crippen molar-refractivity contribution in [3.05, 3.63) is 34.9 Å². The van der Waals surface area contributed by atoms with E-state index in [0.29, 0.717) is 5.56 Å². The number of hydrogen-bond acceptors (Lipinski definition) is 1. The quantitative estimate of drug-likeness (QED) is 0.597. The molecule has 1 N–H and O–H groups in total. The normalized spacial score (nSPS) is 10.5. The van der Waals surface area contributed by atoms with Crippen LogP contribution in [-0.2, 0) is 0 Å². The summed E-state index contributed by atoms with van der Waals surface area (Å²) in [4.78, 5) is 10.8. The van der Waals surface area contributed by atoms with E-state index in [-0.39, 0.29) is 0 Å². The highest BCUT2D eigenvalue weighted by Crippen LogP contribution is 2.10. The standard InChI is InChI=1S/C13H16O2Si/c1-10-9-11(7-8-16(2,3)4)5-6-12(10)13(14)15/h5-6,9H,1-4H3,(H,14,15). The second kappa shape index (κ2) is 4.54. The Morgan fingerprint density at radius 1 is 1.31 bits per heavy atom. The maximum Gasteiger partial charge on any atom is 0.335 e. The molecular weight excluding hydrogens is 216 g/mol. The maximum absolute atomic E-state index is 10.8. The summed E-state index contributed by atoms with van der Waals surface area (Å²) in [7, 11) is -1.37. The first-order valence-electron chi connectivity index (χ1n) is 5.17. The maximum atomic E-state index is 10.8. The summed E-state index contributed by atoms with van der Waals surface area (Å²) < 4.78 is 0. The predicted octanol–water partition coefficient (Wildman–Crippen LogP) is 2.92. The molecule has 0 fully saturated rings. The minimum absolute atomic E-state index is 0.346. The van der Waals surface area contributed by atoms with Gasteiger partial charge in [0.05, 0.1) is 5.56 Å². The number of aromatic carboxylic acids is 1. The average Bonchev–Trinajstić information content (AvgIpc) is 2.13. The van der Waals surface area contributed by atoms with Crippen molar-refractivity contribution in [2.45, 2.75) is 26.6 Å². The van der Waals surface area contributed by atoms with E-state index in [0.717, 1.165) is 11.1 Å². The molecule has 0 saturated carbocycles. The van der Waals surface area contributed by atoms with Crippen LogP contribution in [0.4, 0.5) is 0 Å². The van der Waals surface area contributed by atoms with E-state index in [1.54, 1.807) is 19.1 Å². The Morgan fingerprint density at radius 2 is 1.94 bits per heavy atom. The van der Waals surface area contributed by atoms with Gasteiger partial charge in [0.1, 0.15) is 8.07 Å². The van der Waals surface area contributed by atoms with Gasteiger partial charge < -0.3 is 5.11 Å². The third kappa shape index (κ3) is 3.56. The van der Waals surface area contributed by atoms with Crippen LogP contribution in [0.25, 0.3) is 0 Å². The lowest BCUT2D eigenvalue weighted by Gasteiger charge is -2.04. The van der Waals surface area contributed by atoms with Crippen molar-refractivity contribution >= 4 is 14.0 Å². The highest BCUT2D eigenvalue weighted by Gasteiger charge is 2.08. The largest absolute Gasteiger partial charge is 0.478 e. The van der Waals surface area contributed by atoms with E-state index in [1.165, 1.54) is 0 Å². The van der Waals surface area contributed by atoms with E-state index in [9.17, 15) is 4.79 Å². The molecule has 1 aromatic rings. The fourth-order valence-corrected chi connectivity index (χ4v) is 1.76. The lowest BCUT2D eigenvalue weighted by molar-refractivity contribution is 0.0696. The summed E-state index contributed by atoms with van der Waals surface area (Å²) in [6, 6.07) is 5.21. The fraction of sp³-hybridized carbons (Fsp3) is 0.308. The molecule has 1 aromatic carbocycles. The molecule has 2 nitrogen and oxygen atoms in total. The van der Waals surface area contributed by atoms with Gasteiger partial charge in [-0.2, -0.15) is 0 Å². The Labute approximate surface area is 97.3 Å². The molecule has 16 heavy (non-hydrogen) atoms. The van der Waals surface area contributed by atoms with Gasteiger partial charge in [0, 0.05) is 5.56 Å². The van der Waals surface area contributed by atoms with Gasteiger partial charge in [0.25, 0.3) is 0 Å². The number of carbonyl (C=O) groups is 1. The summed E-state index contributed by atoms with van der Waals surface area (Å²) in [5.74, 6) is 2.22. The molecule has 0 heterocycles. The molecule has 0 aromatic heterocycles. The smallest absolute Gasteiger partial charge is 0.335 e. The zero-order valence-electron chi connectivity index (χ0n) is 10.1. The van der Waals surface area contributed by atoms with E-state index in [1.807, 2.05) is 6.07 Å². The van der Waals surface area contributed by atoms with Crippen LogP contribution in [0.15, 0.2) is 18.2 Å². The summed E-state index contributed by atoms with van der Waals surface area (Å²) in [5.41, 5.74) is 5.25. The zero-order valence-corrected chi connectivity index (χ0v) is 11.1. The van der Waals surface area contributed by atoms with Gasteiger partial charge in [-0.15, -0.1) is 5.54 Å². The van der Waals surface area contributed by atoms with E-state index in [2.05, 4.69) is 31.1 Å². The third-order valence-corrected chi connectivity index (χ3v) is 2.91. The van der Waals surface area contributed by atoms with Crippen LogP contribution in [-0.4, -0.2) is 19.1 Å². The van der Waals surface area contributed by atoms with Crippen LogP contribution in [0.3, 0.4) is 0 Å². The van der Waals surface area contributed by atoms with Crippen molar-refractivity contribution < 1.29 is 9.90 Å². The van der Waals surface area contributed by atoms with Crippen molar-refractivity contribution in [1.29, 1.82) is 0 Å². The molecule has 0 aliphatic rings. The molecule has 3 heteroatoms. The van der Waals surface area contributed by atoms with Crippen molar-refractivity contribution in [2.24, 2.45) is 0 Å². The molecule has 0 atom stereocenters. The predicted molar refractivity (Wildman–Crippen MR) is 68.4 cm³/mol. The first-order chi connectivity index (χ1) is 7.29. The fourth-order valence-electron chi connectivity index (χ4n) is 1.24. The van der Waals surface area contributed by atoms with Crippen molar-refractivity contribution in [1.82, 2.24) is 0 Å². The van der Waals surface area contributed by atoms with Crippen LogP contribution in [0, 0.1) is 18.4 Å². The van der Waals surface area contributed by atoms with Crippen molar-refractivity contribution in [2.75, 3.05) is 0 Å². The number of hydrogen-bond donors (Lipinski definition) is 1. The highest BCUT2D eigenvalue weighted by molar-refractivity contribution is 6.83. The number of carboxylic acid groups (broad SMARTS) is 1. The van der Waals surface area contributed by atoms with Crippen LogP contribution in [0.2, 0.25) is 19.6 Å². The summed E-state index contributed by atoms with van der Waals surface area (Å²) in [5, 5.41) is 8.89. The van der Waals surface area contributed by atoms with Gasteiger partial charge >= 0.3 is 5.97 Å². The molecule has 0 aliphatic carbocycles. The molecule has 0 saturated heterocycles. The van der Waals surface area contributed by atoms with Gasteiger partial charge in [-0.3, -0.25) is 0 Å². The van der Waals surface area contributed by atoms with Crippen LogP contribution in [0.5, 0.6) is 0 Å². The monoisotopic (exact) mass is 232 g/mol. The third-order valence-electron chi connectivity index (χ3n) is 2.04. The molecule has 0 aliphatic heterocycles. The van der Waals surface area contributed by atoms with Crippen molar-refractivity contribution in [3.63, 3.8) is 0 Å². The van der Waals surface area contributed by atoms with Crippen LogP contribution in [0.1, 0.15) is 21.5 Å². The van der Waals surface area contributed by atoms with Crippen LogP contribution < -0.4 is 0 Å². The molecular formula is C13H16O2Si. The average molecular weight is 232 g/mol. The molecule has 0 radical (unpaired) electrons. The molecule has 0 spiro atoms. The summed E-state index contributed by atoms with van der Waals surface area (Å²) in [6.45, 7) is 8.33. The molecule has 0 bridgehead atoms. The number of benzene rings is 1. The van der Waals surface area contributed by atoms with Gasteiger partial charge in [-0.25, -0.2) is 4.79 Å². The van der Waals surface area contributed by atoms with Crippen LogP contribution >= 0.6 is 0 Å². The minimum Gasteiger partial charge on any atom is -0.478 e. The van der Waals surface area contributed by atoms with E-state index in [4.69, 9.17) is 5.11 Å². The van der Waals surface area contributed by atoms with E-state index < -0.39 is 14.0 Å². The Morgan fingerprint density at radius 3 is 2.38 bits per heavy atom. The molecule has 0 unspecified atom stereocenters. The van der Waals surface area contributed by atoms with Gasteiger partial charge in [0.15, 0.2) is 0 Å². The second-order valence-electron chi connectivity index (χ2n) is 4.83. The number of rotatable bonds is 1. The first kappa shape index (κ1) is 12.5. The lowest BCUT2D eigenvalue weighted by atomic mass is 10.1. The topological polar surface area (TPSA) is 37.3 Å². The Hall–Kier alpha value is -1.53. The molecule has 0 amide bonds. The van der Waals surface area contributed by atoms with E-state index >= 15 is 0 Å². The molecule has 1 rings (SSSR count). The minimum atomic E-state index is -1.37. The lowest BCUT2D eigenvalue weighted by Crippen LogP contribution is -2.16.